The van der Waals surface area contributed by atoms with E-state index in [1.165, 1.54) is 0 Å². The fourth-order valence-corrected chi connectivity index (χ4v) is 1.75. The topological polar surface area (TPSA) is 29.9 Å². The van der Waals surface area contributed by atoms with Crippen molar-refractivity contribution in [2.75, 3.05) is 6.54 Å². The maximum Gasteiger partial charge on any atom is 0.401 e. The van der Waals surface area contributed by atoms with Crippen molar-refractivity contribution in [1.29, 1.82) is 0 Å². The summed E-state index contributed by atoms with van der Waals surface area (Å²) < 4.78 is 38.3. The van der Waals surface area contributed by atoms with Gasteiger partial charge >= 0.3 is 6.18 Å². The van der Waals surface area contributed by atoms with E-state index in [4.69, 9.17) is 0 Å². The Morgan fingerprint density at radius 2 is 2.16 bits per heavy atom. The van der Waals surface area contributed by atoms with Gasteiger partial charge in [-0.25, -0.2) is 4.98 Å². The van der Waals surface area contributed by atoms with Crippen LogP contribution in [-0.2, 0) is 0 Å². The van der Waals surface area contributed by atoms with E-state index in [0.29, 0.717) is 0 Å². The first-order valence-corrected chi connectivity index (χ1v) is 5.84. The van der Waals surface area contributed by atoms with E-state index in [0.717, 1.165) is 11.3 Å². The quantitative estimate of drug-likeness (QED) is 0.924. The molecule has 1 aromatic heterocycles. The Balaban J connectivity index is 2.10. The highest BCUT2D eigenvalue weighted by molar-refractivity contribution is 5.36. The second-order valence-electron chi connectivity index (χ2n) is 4.28. The molecule has 0 aliphatic heterocycles. The first kappa shape index (κ1) is 13.6. The molecule has 0 saturated heterocycles. The number of rotatable bonds is 4. The average molecular weight is 269 g/mol. The third kappa shape index (κ3) is 3.82. The maximum absolute atomic E-state index is 12.2. The first-order chi connectivity index (χ1) is 8.96. The van der Waals surface area contributed by atoms with Gasteiger partial charge in [0.25, 0.3) is 0 Å². The van der Waals surface area contributed by atoms with Crippen LogP contribution in [-0.4, -0.2) is 22.3 Å². The predicted molar refractivity (Wildman–Crippen MR) is 66.0 cm³/mol. The normalized spacial score (nSPS) is 13.5. The van der Waals surface area contributed by atoms with Gasteiger partial charge in [-0.2, -0.15) is 13.2 Å². The number of hydrogen-bond acceptors (Lipinski definition) is 2. The van der Waals surface area contributed by atoms with Crippen LogP contribution in [0.3, 0.4) is 0 Å². The molecule has 1 heterocycles. The van der Waals surface area contributed by atoms with Crippen molar-refractivity contribution >= 4 is 0 Å². The van der Waals surface area contributed by atoms with Crippen molar-refractivity contribution in [2.45, 2.75) is 19.1 Å². The summed E-state index contributed by atoms with van der Waals surface area (Å²) in [6.07, 6.45) is 0.883. The maximum atomic E-state index is 12.2. The summed E-state index contributed by atoms with van der Waals surface area (Å²) in [6, 6.07) is 6.97. The van der Waals surface area contributed by atoms with Gasteiger partial charge in [0.1, 0.15) is 0 Å². The standard InChI is InChI=1S/C13H14F3N3/c1-10(18-8-13(14,15)16)11-3-2-4-12(7-11)19-6-5-17-9-19/h2-7,9-10,18H,8H2,1H3/t10-/m0/s1. The molecule has 0 amide bonds. The molecule has 19 heavy (non-hydrogen) atoms. The summed E-state index contributed by atoms with van der Waals surface area (Å²) in [7, 11) is 0. The Labute approximate surface area is 109 Å². The Kier molecular flexibility index (Phi) is 3.90. The third-order valence-electron chi connectivity index (χ3n) is 2.78. The molecule has 0 aliphatic carbocycles. The van der Waals surface area contributed by atoms with Crippen LogP contribution < -0.4 is 5.32 Å². The van der Waals surface area contributed by atoms with Crippen molar-refractivity contribution in [3.05, 3.63) is 48.5 Å². The second kappa shape index (κ2) is 5.44. The number of imidazole rings is 1. The molecule has 1 aromatic carbocycles. The van der Waals surface area contributed by atoms with E-state index in [1.54, 1.807) is 36.3 Å². The van der Waals surface area contributed by atoms with Crippen molar-refractivity contribution in [3.63, 3.8) is 0 Å². The van der Waals surface area contributed by atoms with Crippen LogP contribution in [0.15, 0.2) is 43.0 Å². The van der Waals surface area contributed by atoms with E-state index in [-0.39, 0.29) is 6.04 Å². The van der Waals surface area contributed by atoms with E-state index < -0.39 is 12.7 Å². The Hall–Kier alpha value is -1.82. The van der Waals surface area contributed by atoms with Crippen molar-refractivity contribution < 1.29 is 13.2 Å². The lowest BCUT2D eigenvalue weighted by Gasteiger charge is -2.16. The molecule has 1 atom stereocenters. The minimum absolute atomic E-state index is 0.370. The smallest absolute Gasteiger partial charge is 0.306 e. The zero-order chi connectivity index (χ0) is 13.9. The van der Waals surface area contributed by atoms with Crippen molar-refractivity contribution in [2.24, 2.45) is 0 Å². The number of hydrogen-bond donors (Lipinski definition) is 1. The zero-order valence-corrected chi connectivity index (χ0v) is 10.4. The zero-order valence-electron chi connectivity index (χ0n) is 10.4. The Bertz CT molecular complexity index is 520. The lowest BCUT2D eigenvalue weighted by Crippen LogP contribution is -2.30. The summed E-state index contributed by atoms with van der Waals surface area (Å²) in [5.74, 6) is 0. The summed E-state index contributed by atoms with van der Waals surface area (Å²) >= 11 is 0. The molecule has 1 N–H and O–H groups in total. The fraction of sp³-hybridized carbons (Fsp3) is 0.308. The highest BCUT2D eigenvalue weighted by atomic mass is 19.4. The van der Waals surface area contributed by atoms with E-state index in [2.05, 4.69) is 10.3 Å². The average Bonchev–Trinajstić information content (AvgIpc) is 2.89. The minimum atomic E-state index is -4.20. The molecule has 0 unspecified atom stereocenters. The Morgan fingerprint density at radius 3 is 2.79 bits per heavy atom. The summed E-state index contributed by atoms with van der Waals surface area (Å²) in [5.41, 5.74) is 1.67. The van der Waals surface area contributed by atoms with Crippen LogP contribution in [0.2, 0.25) is 0 Å². The summed E-state index contributed by atoms with van der Waals surface area (Å²) in [4.78, 5) is 3.94. The number of nitrogens with one attached hydrogen (secondary N) is 1. The largest absolute Gasteiger partial charge is 0.401 e. The molecular formula is C13H14F3N3. The molecule has 0 spiro atoms. The lowest BCUT2D eigenvalue weighted by molar-refractivity contribution is -0.126. The van der Waals surface area contributed by atoms with Crippen LogP contribution in [0.4, 0.5) is 13.2 Å². The van der Waals surface area contributed by atoms with Crippen molar-refractivity contribution in [1.82, 2.24) is 14.9 Å². The van der Waals surface area contributed by atoms with Gasteiger partial charge in [-0.05, 0) is 24.6 Å². The number of aromatic nitrogens is 2. The van der Waals surface area contributed by atoms with Gasteiger partial charge in [0.05, 0.1) is 12.9 Å². The van der Waals surface area contributed by atoms with E-state index in [1.807, 2.05) is 18.2 Å². The molecule has 3 nitrogen and oxygen atoms in total. The predicted octanol–water partition coefficient (Wildman–Crippen LogP) is 3.09. The van der Waals surface area contributed by atoms with Crippen LogP contribution in [0.5, 0.6) is 0 Å². The molecule has 0 aliphatic rings. The van der Waals surface area contributed by atoms with Gasteiger partial charge in [0.15, 0.2) is 0 Å². The van der Waals surface area contributed by atoms with Crippen LogP contribution in [0, 0.1) is 0 Å². The summed E-state index contributed by atoms with van der Waals surface area (Å²) in [5, 5.41) is 2.46. The molecule has 2 rings (SSSR count). The van der Waals surface area contributed by atoms with Gasteiger partial charge in [-0.3, -0.25) is 0 Å². The van der Waals surface area contributed by atoms with Gasteiger partial charge < -0.3 is 9.88 Å². The van der Waals surface area contributed by atoms with Gasteiger partial charge in [-0.15, -0.1) is 0 Å². The SMILES string of the molecule is C[C@H](NCC(F)(F)F)c1cccc(-n2ccnc2)c1. The molecular weight excluding hydrogens is 255 g/mol. The fourth-order valence-electron chi connectivity index (χ4n) is 1.75. The number of nitrogens with zero attached hydrogens (tertiary/aromatic N) is 2. The van der Waals surface area contributed by atoms with Crippen LogP contribution >= 0.6 is 0 Å². The first-order valence-electron chi connectivity index (χ1n) is 5.84. The molecule has 2 aromatic rings. The molecule has 0 saturated carbocycles. The number of benzene rings is 1. The van der Waals surface area contributed by atoms with Gasteiger partial charge in [-0.1, -0.05) is 12.1 Å². The van der Waals surface area contributed by atoms with Gasteiger partial charge in [0, 0.05) is 24.1 Å². The highest BCUT2D eigenvalue weighted by Gasteiger charge is 2.27. The summed E-state index contributed by atoms with van der Waals surface area (Å²) in [6.45, 7) is 0.711. The van der Waals surface area contributed by atoms with Crippen LogP contribution in [0.25, 0.3) is 5.69 Å². The van der Waals surface area contributed by atoms with E-state index in [9.17, 15) is 13.2 Å². The second-order valence-corrected chi connectivity index (χ2v) is 4.28. The lowest BCUT2D eigenvalue weighted by atomic mass is 10.1. The minimum Gasteiger partial charge on any atom is -0.306 e. The monoisotopic (exact) mass is 269 g/mol. The van der Waals surface area contributed by atoms with E-state index >= 15 is 0 Å². The van der Waals surface area contributed by atoms with Gasteiger partial charge in [0.2, 0.25) is 0 Å². The Morgan fingerprint density at radius 1 is 1.37 bits per heavy atom. The van der Waals surface area contributed by atoms with Crippen LogP contribution in [0.1, 0.15) is 18.5 Å². The molecule has 0 radical (unpaired) electrons. The molecule has 0 bridgehead atoms. The third-order valence-corrected chi connectivity index (χ3v) is 2.78. The molecule has 0 fully saturated rings. The molecule has 6 heteroatoms. The highest BCUT2D eigenvalue weighted by Crippen LogP contribution is 2.19. The van der Waals surface area contributed by atoms with Crippen molar-refractivity contribution in [3.8, 4) is 5.69 Å². The molecule has 102 valence electrons. The number of alkyl halides is 3. The number of halogens is 3.